The molecule has 1 spiro atoms. The number of benzene rings is 1. The van der Waals surface area contributed by atoms with E-state index in [1.165, 1.54) is 47.7 Å². The number of anilines is 1. The van der Waals surface area contributed by atoms with E-state index in [1.54, 1.807) is 0 Å². The van der Waals surface area contributed by atoms with Crippen LogP contribution in [0, 0.1) is 12.3 Å². The predicted octanol–water partition coefficient (Wildman–Crippen LogP) is 3.68. The highest BCUT2D eigenvalue weighted by Crippen LogP contribution is 2.48. The van der Waals surface area contributed by atoms with Crippen molar-refractivity contribution in [3.8, 4) is 0 Å². The lowest BCUT2D eigenvalue weighted by Crippen LogP contribution is -2.37. The van der Waals surface area contributed by atoms with E-state index in [2.05, 4.69) is 30.4 Å². The van der Waals surface area contributed by atoms with Gasteiger partial charge in [-0.1, -0.05) is 12.5 Å². The molecule has 2 heteroatoms. The first kappa shape index (κ1) is 9.59. The minimum absolute atomic E-state index is 0.609. The van der Waals surface area contributed by atoms with Gasteiger partial charge in [-0.2, -0.15) is 0 Å². The first-order valence-electron chi connectivity index (χ1n) is 5.75. The molecule has 1 fully saturated rings. The molecule has 1 N–H and O–H groups in total. The SMILES string of the molecule is Cc1ccc2c(c1)SCC1(CCC1)CN2. The van der Waals surface area contributed by atoms with Crippen LogP contribution in [0.4, 0.5) is 5.69 Å². The Bertz CT molecular complexity index is 382. The summed E-state index contributed by atoms with van der Waals surface area (Å²) in [7, 11) is 0. The molecule has 1 saturated carbocycles. The lowest BCUT2D eigenvalue weighted by atomic mass is 9.70. The van der Waals surface area contributed by atoms with E-state index in [1.807, 2.05) is 11.8 Å². The van der Waals surface area contributed by atoms with E-state index in [4.69, 9.17) is 0 Å². The van der Waals surface area contributed by atoms with E-state index in [0.29, 0.717) is 5.41 Å². The highest BCUT2D eigenvalue weighted by molar-refractivity contribution is 7.99. The van der Waals surface area contributed by atoms with Gasteiger partial charge < -0.3 is 5.32 Å². The predicted molar refractivity (Wildman–Crippen MR) is 66.7 cm³/mol. The third-order valence-electron chi connectivity index (χ3n) is 3.74. The maximum atomic E-state index is 3.62. The smallest absolute Gasteiger partial charge is 0.0478 e. The van der Waals surface area contributed by atoms with E-state index in [0.717, 1.165) is 0 Å². The van der Waals surface area contributed by atoms with Gasteiger partial charge in [0.1, 0.15) is 0 Å². The molecule has 0 aromatic heterocycles. The molecule has 1 aromatic carbocycles. The molecule has 1 aliphatic carbocycles. The molecular formula is C13H17NS. The third-order valence-corrected chi connectivity index (χ3v) is 5.14. The van der Waals surface area contributed by atoms with Gasteiger partial charge in [0.05, 0.1) is 0 Å². The first-order chi connectivity index (χ1) is 7.27. The molecule has 0 saturated heterocycles. The van der Waals surface area contributed by atoms with Crippen molar-refractivity contribution in [2.75, 3.05) is 17.6 Å². The van der Waals surface area contributed by atoms with Gasteiger partial charge in [-0.15, -0.1) is 11.8 Å². The molecule has 1 aromatic rings. The molecule has 1 heterocycles. The fourth-order valence-electron chi connectivity index (χ4n) is 2.46. The standard InChI is InChI=1S/C13H17NS/c1-10-3-4-11-12(7-10)15-9-13(8-14-11)5-2-6-13/h3-4,7,14H,2,5-6,8-9H2,1H3. The van der Waals surface area contributed by atoms with Gasteiger partial charge in [0.2, 0.25) is 0 Å². The summed E-state index contributed by atoms with van der Waals surface area (Å²) in [6, 6.07) is 6.74. The van der Waals surface area contributed by atoms with E-state index < -0.39 is 0 Å². The van der Waals surface area contributed by atoms with Gasteiger partial charge in [0, 0.05) is 22.9 Å². The summed E-state index contributed by atoms with van der Waals surface area (Å²) in [5.74, 6) is 1.30. The molecule has 3 rings (SSSR count). The minimum Gasteiger partial charge on any atom is -0.384 e. The van der Waals surface area contributed by atoms with Crippen molar-refractivity contribution < 1.29 is 0 Å². The molecule has 0 atom stereocenters. The average molecular weight is 219 g/mol. The second-order valence-corrected chi connectivity index (χ2v) is 6.01. The molecule has 0 amide bonds. The van der Waals surface area contributed by atoms with Gasteiger partial charge in [-0.05, 0) is 42.9 Å². The Kier molecular flexibility index (Phi) is 2.20. The van der Waals surface area contributed by atoms with Crippen LogP contribution in [0.1, 0.15) is 24.8 Å². The summed E-state index contributed by atoms with van der Waals surface area (Å²) in [5.41, 5.74) is 3.32. The fourth-order valence-corrected chi connectivity index (χ4v) is 3.87. The van der Waals surface area contributed by atoms with Crippen molar-refractivity contribution >= 4 is 17.4 Å². The normalized spacial score (nSPS) is 22.5. The lowest BCUT2D eigenvalue weighted by Gasteiger charge is -2.40. The summed E-state index contributed by atoms with van der Waals surface area (Å²) in [6.07, 6.45) is 4.26. The number of nitrogens with one attached hydrogen (secondary N) is 1. The minimum atomic E-state index is 0.609. The molecular weight excluding hydrogens is 202 g/mol. The molecule has 0 radical (unpaired) electrons. The number of thioether (sulfide) groups is 1. The third kappa shape index (κ3) is 1.65. The zero-order valence-electron chi connectivity index (χ0n) is 9.18. The van der Waals surface area contributed by atoms with Crippen LogP contribution in [-0.2, 0) is 0 Å². The summed E-state index contributed by atoms with van der Waals surface area (Å²) < 4.78 is 0. The van der Waals surface area contributed by atoms with Crippen molar-refractivity contribution in [2.45, 2.75) is 31.1 Å². The molecule has 80 valence electrons. The Labute approximate surface area is 95.6 Å². The van der Waals surface area contributed by atoms with Crippen molar-refractivity contribution in [1.82, 2.24) is 0 Å². The van der Waals surface area contributed by atoms with Gasteiger partial charge in [0.15, 0.2) is 0 Å². The van der Waals surface area contributed by atoms with Crippen LogP contribution >= 0.6 is 11.8 Å². The number of hydrogen-bond acceptors (Lipinski definition) is 2. The fraction of sp³-hybridized carbons (Fsp3) is 0.538. The Balaban J connectivity index is 1.88. The topological polar surface area (TPSA) is 12.0 Å². The largest absolute Gasteiger partial charge is 0.384 e. The maximum absolute atomic E-state index is 3.62. The number of hydrogen-bond donors (Lipinski definition) is 1. The summed E-state index contributed by atoms with van der Waals surface area (Å²) in [4.78, 5) is 1.44. The van der Waals surface area contributed by atoms with Crippen LogP contribution in [0.25, 0.3) is 0 Å². The summed E-state index contributed by atoms with van der Waals surface area (Å²) in [6.45, 7) is 3.35. The van der Waals surface area contributed by atoms with Crippen molar-refractivity contribution in [1.29, 1.82) is 0 Å². The van der Waals surface area contributed by atoms with Crippen molar-refractivity contribution in [2.24, 2.45) is 5.41 Å². The van der Waals surface area contributed by atoms with E-state index >= 15 is 0 Å². The van der Waals surface area contributed by atoms with Crippen LogP contribution in [0.5, 0.6) is 0 Å². The molecule has 1 nitrogen and oxygen atoms in total. The highest BCUT2D eigenvalue weighted by Gasteiger charge is 2.38. The quantitative estimate of drug-likeness (QED) is 0.714. The monoisotopic (exact) mass is 219 g/mol. The van der Waals surface area contributed by atoms with Crippen LogP contribution < -0.4 is 5.32 Å². The first-order valence-corrected chi connectivity index (χ1v) is 6.73. The van der Waals surface area contributed by atoms with Gasteiger partial charge in [0.25, 0.3) is 0 Å². The van der Waals surface area contributed by atoms with Crippen molar-refractivity contribution in [3.63, 3.8) is 0 Å². The zero-order valence-corrected chi connectivity index (χ0v) is 9.99. The van der Waals surface area contributed by atoms with E-state index in [-0.39, 0.29) is 0 Å². The van der Waals surface area contributed by atoms with Crippen molar-refractivity contribution in [3.05, 3.63) is 23.8 Å². The second kappa shape index (κ2) is 3.44. The maximum Gasteiger partial charge on any atom is 0.0478 e. The highest BCUT2D eigenvalue weighted by atomic mass is 32.2. The van der Waals surface area contributed by atoms with Gasteiger partial charge in [-0.3, -0.25) is 0 Å². The van der Waals surface area contributed by atoms with Gasteiger partial charge in [-0.25, -0.2) is 0 Å². The Hall–Kier alpha value is -0.630. The second-order valence-electron chi connectivity index (χ2n) is 5.00. The van der Waals surface area contributed by atoms with Crippen LogP contribution in [-0.4, -0.2) is 12.3 Å². The Morgan fingerprint density at radius 3 is 2.93 bits per heavy atom. The Morgan fingerprint density at radius 2 is 2.20 bits per heavy atom. The average Bonchev–Trinajstić information content (AvgIpc) is 2.36. The van der Waals surface area contributed by atoms with Crippen LogP contribution in [0.2, 0.25) is 0 Å². The molecule has 1 aliphatic heterocycles. The lowest BCUT2D eigenvalue weighted by molar-refractivity contribution is 0.187. The number of fused-ring (bicyclic) bond motifs is 1. The Morgan fingerprint density at radius 1 is 1.33 bits per heavy atom. The van der Waals surface area contributed by atoms with Crippen LogP contribution in [0.3, 0.4) is 0 Å². The number of rotatable bonds is 0. The molecule has 0 bridgehead atoms. The molecule has 0 unspecified atom stereocenters. The van der Waals surface area contributed by atoms with Gasteiger partial charge >= 0.3 is 0 Å². The van der Waals surface area contributed by atoms with E-state index in [9.17, 15) is 0 Å². The molecule has 15 heavy (non-hydrogen) atoms. The number of aryl methyl sites for hydroxylation is 1. The zero-order chi connectivity index (χ0) is 10.3. The van der Waals surface area contributed by atoms with Crippen LogP contribution in [0.15, 0.2) is 23.1 Å². The summed E-state index contributed by atoms with van der Waals surface area (Å²) >= 11 is 2.04. The summed E-state index contributed by atoms with van der Waals surface area (Å²) in [5, 5.41) is 3.62. The molecule has 2 aliphatic rings.